The highest BCUT2D eigenvalue weighted by molar-refractivity contribution is 4.79. The van der Waals surface area contributed by atoms with Gasteiger partial charge in [-0.05, 0) is 24.7 Å². The van der Waals surface area contributed by atoms with Crippen molar-refractivity contribution >= 4 is 0 Å². The van der Waals surface area contributed by atoms with Gasteiger partial charge in [0.25, 0.3) is 0 Å². The van der Waals surface area contributed by atoms with E-state index in [0.29, 0.717) is 5.92 Å². The predicted octanol–water partition coefficient (Wildman–Crippen LogP) is 2.58. The molecule has 1 aliphatic carbocycles. The molecule has 0 aliphatic heterocycles. The third-order valence-electron chi connectivity index (χ3n) is 3.01. The minimum absolute atomic E-state index is 0.0162. The second-order valence-electron chi connectivity index (χ2n) is 3.93. The van der Waals surface area contributed by atoms with Crippen LogP contribution in [0.3, 0.4) is 0 Å². The van der Waals surface area contributed by atoms with Gasteiger partial charge in [-0.25, -0.2) is 0 Å². The molecule has 2 unspecified atom stereocenters. The fourth-order valence-corrected chi connectivity index (χ4v) is 2.26. The topological polar surface area (TPSA) is 20.2 Å². The lowest BCUT2D eigenvalue weighted by Crippen LogP contribution is -2.22. The molecule has 0 aromatic carbocycles. The maximum absolute atomic E-state index is 9.72. The Bertz CT molecular complexity index is 111. The van der Waals surface area contributed by atoms with Gasteiger partial charge in [-0.3, -0.25) is 0 Å². The van der Waals surface area contributed by atoms with Crippen molar-refractivity contribution in [3.05, 3.63) is 0 Å². The molecule has 1 heteroatoms. The van der Waals surface area contributed by atoms with Crippen molar-refractivity contribution in [2.45, 2.75) is 52.1 Å². The van der Waals surface area contributed by atoms with E-state index < -0.39 is 0 Å². The molecule has 0 amide bonds. The van der Waals surface area contributed by atoms with Gasteiger partial charge >= 0.3 is 0 Å². The van der Waals surface area contributed by atoms with Crippen LogP contribution in [0.15, 0.2) is 0 Å². The second kappa shape index (κ2) is 4.10. The van der Waals surface area contributed by atoms with E-state index in [1.54, 1.807) is 0 Å². The first-order valence-electron chi connectivity index (χ1n) is 4.93. The molecule has 0 aromatic rings. The largest absolute Gasteiger partial charge is 0.393 e. The zero-order chi connectivity index (χ0) is 8.27. The SMILES string of the molecule is CCC[C@H](O)C1CCCC1C. The lowest BCUT2D eigenvalue weighted by Gasteiger charge is -2.21. The average Bonchev–Trinajstić information content (AvgIpc) is 2.36. The quantitative estimate of drug-likeness (QED) is 0.666. The summed E-state index contributed by atoms with van der Waals surface area (Å²) < 4.78 is 0. The van der Waals surface area contributed by atoms with Crippen LogP contribution in [-0.4, -0.2) is 11.2 Å². The summed E-state index contributed by atoms with van der Waals surface area (Å²) in [6, 6.07) is 0. The van der Waals surface area contributed by atoms with Gasteiger partial charge in [0.2, 0.25) is 0 Å². The van der Waals surface area contributed by atoms with Crippen molar-refractivity contribution in [3.63, 3.8) is 0 Å². The standard InChI is InChI=1S/C10H20O/c1-3-5-10(11)9-7-4-6-8(9)2/h8-11H,3-7H2,1-2H3/t8?,9?,10-/m0/s1. The summed E-state index contributed by atoms with van der Waals surface area (Å²) in [4.78, 5) is 0. The summed E-state index contributed by atoms with van der Waals surface area (Å²) in [6.45, 7) is 4.42. The van der Waals surface area contributed by atoms with E-state index in [4.69, 9.17) is 0 Å². The summed E-state index contributed by atoms with van der Waals surface area (Å²) in [5.74, 6) is 1.37. The molecule has 0 saturated heterocycles. The third kappa shape index (κ3) is 2.19. The van der Waals surface area contributed by atoms with Crippen LogP contribution in [0.4, 0.5) is 0 Å². The summed E-state index contributed by atoms with van der Waals surface area (Å²) in [7, 11) is 0. The van der Waals surface area contributed by atoms with Crippen molar-refractivity contribution in [1.29, 1.82) is 0 Å². The Balaban J connectivity index is 2.33. The Morgan fingerprint density at radius 3 is 2.64 bits per heavy atom. The van der Waals surface area contributed by atoms with Gasteiger partial charge < -0.3 is 5.11 Å². The van der Waals surface area contributed by atoms with Crippen LogP contribution in [-0.2, 0) is 0 Å². The predicted molar refractivity (Wildman–Crippen MR) is 47.4 cm³/mol. The zero-order valence-corrected chi connectivity index (χ0v) is 7.71. The molecule has 1 fully saturated rings. The van der Waals surface area contributed by atoms with Gasteiger partial charge in [-0.15, -0.1) is 0 Å². The molecule has 1 rings (SSSR count). The van der Waals surface area contributed by atoms with Gasteiger partial charge in [-0.2, -0.15) is 0 Å². The van der Waals surface area contributed by atoms with Crippen LogP contribution in [0.25, 0.3) is 0 Å². The monoisotopic (exact) mass is 156 g/mol. The van der Waals surface area contributed by atoms with E-state index in [1.807, 2.05) is 0 Å². The zero-order valence-electron chi connectivity index (χ0n) is 7.71. The van der Waals surface area contributed by atoms with Crippen LogP contribution in [0.2, 0.25) is 0 Å². The van der Waals surface area contributed by atoms with Crippen molar-refractivity contribution in [2.24, 2.45) is 11.8 Å². The van der Waals surface area contributed by atoms with Gasteiger partial charge in [0.15, 0.2) is 0 Å². The Morgan fingerprint density at radius 1 is 1.45 bits per heavy atom. The molecule has 0 heterocycles. The molecule has 66 valence electrons. The molecule has 0 aromatic heterocycles. The van der Waals surface area contributed by atoms with Crippen molar-refractivity contribution in [3.8, 4) is 0 Å². The summed E-state index contributed by atoms with van der Waals surface area (Å²) in [5, 5.41) is 9.72. The molecule has 1 aliphatic rings. The molecular formula is C10H20O. The van der Waals surface area contributed by atoms with E-state index in [0.717, 1.165) is 18.8 Å². The van der Waals surface area contributed by atoms with Gasteiger partial charge in [0, 0.05) is 0 Å². The van der Waals surface area contributed by atoms with Crippen LogP contribution in [0.5, 0.6) is 0 Å². The van der Waals surface area contributed by atoms with Crippen molar-refractivity contribution in [2.75, 3.05) is 0 Å². The average molecular weight is 156 g/mol. The van der Waals surface area contributed by atoms with Gasteiger partial charge in [-0.1, -0.05) is 33.1 Å². The summed E-state index contributed by atoms with van der Waals surface area (Å²) in [5.41, 5.74) is 0. The molecule has 11 heavy (non-hydrogen) atoms. The van der Waals surface area contributed by atoms with E-state index in [2.05, 4.69) is 13.8 Å². The van der Waals surface area contributed by atoms with Crippen LogP contribution in [0.1, 0.15) is 46.0 Å². The number of rotatable bonds is 3. The lowest BCUT2D eigenvalue weighted by molar-refractivity contribution is 0.0813. The normalized spacial score (nSPS) is 34.1. The molecule has 0 bridgehead atoms. The lowest BCUT2D eigenvalue weighted by atomic mass is 9.90. The first-order valence-corrected chi connectivity index (χ1v) is 4.93. The smallest absolute Gasteiger partial charge is 0.0570 e. The number of aliphatic hydroxyl groups excluding tert-OH is 1. The Kier molecular flexibility index (Phi) is 3.38. The maximum Gasteiger partial charge on any atom is 0.0570 e. The van der Waals surface area contributed by atoms with Gasteiger partial charge in [0.1, 0.15) is 0 Å². The maximum atomic E-state index is 9.72. The molecule has 0 spiro atoms. The minimum Gasteiger partial charge on any atom is -0.393 e. The Morgan fingerprint density at radius 2 is 2.18 bits per heavy atom. The molecule has 3 atom stereocenters. The van der Waals surface area contributed by atoms with Crippen molar-refractivity contribution < 1.29 is 5.11 Å². The number of aliphatic hydroxyl groups is 1. The molecule has 1 nitrogen and oxygen atoms in total. The minimum atomic E-state index is -0.0162. The highest BCUT2D eigenvalue weighted by Gasteiger charge is 2.28. The number of hydrogen-bond donors (Lipinski definition) is 1. The number of hydrogen-bond acceptors (Lipinski definition) is 1. The summed E-state index contributed by atoms with van der Waals surface area (Å²) >= 11 is 0. The van der Waals surface area contributed by atoms with Crippen LogP contribution >= 0.6 is 0 Å². The fraction of sp³-hybridized carbons (Fsp3) is 1.00. The highest BCUT2D eigenvalue weighted by Crippen LogP contribution is 2.34. The first-order chi connectivity index (χ1) is 5.25. The highest BCUT2D eigenvalue weighted by atomic mass is 16.3. The second-order valence-corrected chi connectivity index (χ2v) is 3.93. The Labute approximate surface area is 69.8 Å². The molecule has 1 saturated carbocycles. The summed E-state index contributed by atoms with van der Waals surface area (Å²) in [6.07, 6.45) is 6.00. The van der Waals surface area contributed by atoms with E-state index in [9.17, 15) is 5.11 Å². The van der Waals surface area contributed by atoms with E-state index >= 15 is 0 Å². The van der Waals surface area contributed by atoms with E-state index in [-0.39, 0.29) is 6.10 Å². The van der Waals surface area contributed by atoms with Gasteiger partial charge in [0.05, 0.1) is 6.10 Å². The molecular weight excluding hydrogens is 136 g/mol. The van der Waals surface area contributed by atoms with E-state index in [1.165, 1.54) is 19.3 Å². The molecule has 1 N–H and O–H groups in total. The first kappa shape index (κ1) is 9.05. The molecule has 0 radical (unpaired) electrons. The third-order valence-corrected chi connectivity index (χ3v) is 3.01. The van der Waals surface area contributed by atoms with Crippen molar-refractivity contribution in [1.82, 2.24) is 0 Å². The van der Waals surface area contributed by atoms with Crippen LogP contribution < -0.4 is 0 Å². The van der Waals surface area contributed by atoms with Crippen LogP contribution in [0, 0.1) is 11.8 Å². The Hall–Kier alpha value is -0.0400. The fourth-order valence-electron chi connectivity index (χ4n) is 2.26.